The monoisotopic (exact) mass is 306 g/mol. The molecule has 0 radical (unpaired) electrons. The van der Waals surface area contributed by atoms with Crippen LogP contribution < -0.4 is 4.90 Å². The van der Waals surface area contributed by atoms with Crippen molar-refractivity contribution in [1.82, 2.24) is 14.6 Å². The predicted molar refractivity (Wildman–Crippen MR) is 94.0 cm³/mol. The molecule has 118 valence electrons. The Kier molecular flexibility index (Phi) is 3.52. The lowest BCUT2D eigenvalue weighted by Crippen LogP contribution is -2.21. The number of nitrogens with zero attached hydrogens (tertiary/aromatic N) is 4. The van der Waals surface area contributed by atoms with Gasteiger partial charge in [-0.15, -0.1) is 0 Å². The summed E-state index contributed by atoms with van der Waals surface area (Å²) < 4.78 is 2.01. The van der Waals surface area contributed by atoms with Crippen LogP contribution in [0.2, 0.25) is 0 Å². The molecule has 23 heavy (non-hydrogen) atoms. The molecule has 3 aromatic rings. The van der Waals surface area contributed by atoms with Crippen molar-refractivity contribution in [2.45, 2.75) is 32.6 Å². The zero-order valence-electron chi connectivity index (χ0n) is 13.7. The van der Waals surface area contributed by atoms with E-state index in [2.05, 4.69) is 54.2 Å². The van der Waals surface area contributed by atoms with Crippen LogP contribution in [0.15, 0.2) is 42.6 Å². The highest BCUT2D eigenvalue weighted by Gasteiger charge is 2.20. The Morgan fingerprint density at radius 2 is 1.78 bits per heavy atom. The fourth-order valence-corrected chi connectivity index (χ4v) is 3.25. The van der Waals surface area contributed by atoms with Crippen LogP contribution in [-0.4, -0.2) is 27.7 Å². The minimum Gasteiger partial charge on any atom is -0.356 e. The standard InChI is InChI=1S/C19H22N4/c1-14(2)17-12-18(22-10-6-7-11-22)23-19(21-17)16(13-20-23)15-8-4-3-5-9-15/h3-5,8-9,12-14H,6-7,10-11H2,1-2H3. The van der Waals surface area contributed by atoms with E-state index < -0.39 is 0 Å². The molecule has 0 bridgehead atoms. The van der Waals surface area contributed by atoms with Gasteiger partial charge in [-0.2, -0.15) is 9.61 Å². The molecule has 0 saturated carbocycles. The minimum atomic E-state index is 0.403. The summed E-state index contributed by atoms with van der Waals surface area (Å²) in [6, 6.07) is 12.6. The van der Waals surface area contributed by atoms with Gasteiger partial charge in [0.25, 0.3) is 0 Å². The van der Waals surface area contributed by atoms with Crippen LogP contribution in [0.3, 0.4) is 0 Å². The first-order valence-corrected chi connectivity index (χ1v) is 8.43. The van der Waals surface area contributed by atoms with E-state index in [1.165, 1.54) is 24.2 Å². The molecule has 0 unspecified atom stereocenters. The summed E-state index contributed by atoms with van der Waals surface area (Å²) in [5.74, 6) is 1.58. The Bertz CT molecular complexity index is 814. The van der Waals surface area contributed by atoms with Gasteiger partial charge in [0, 0.05) is 30.4 Å². The first-order valence-electron chi connectivity index (χ1n) is 8.43. The number of rotatable bonds is 3. The molecule has 0 aliphatic carbocycles. The molecule has 1 fully saturated rings. The first-order chi connectivity index (χ1) is 11.2. The van der Waals surface area contributed by atoms with Crippen molar-refractivity contribution in [3.8, 4) is 11.1 Å². The SMILES string of the molecule is CC(C)c1cc(N2CCCC2)n2ncc(-c3ccccc3)c2n1. The summed E-state index contributed by atoms with van der Waals surface area (Å²) in [6.07, 6.45) is 4.46. The topological polar surface area (TPSA) is 33.4 Å². The van der Waals surface area contributed by atoms with E-state index in [4.69, 9.17) is 4.98 Å². The number of hydrogen-bond acceptors (Lipinski definition) is 3. The zero-order valence-corrected chi connectivity index (χ0v) is 13.7. The van der Waals surface area contributed by atoms with E-state index in [0.717, 1.165) is 30.0 Å². The van der Waals surface area contributed by atoms with Crippen molar-refractivity contribution >= 4 is 11.5 Å². The van der Waals surface area contributed by atoms with E-state index in [-0.39, 0.29) is 0 Å². The van der Waals surface area contributed by atoms with Gasteiger partial charge in [0.15, 0.2) is 5.65 Å². The van der Waals surface area contributed by atoms with E-state index in [0.29, 0.717) is 5.92 Å². The molecule has 0 amide bonds. The third-order valence-electron chi connectivity index (χ3n) is 4.58. The van der Waals surface area contributed by atoms with Crippen LogP contribution >= 0.6 is 0 Å². The van der Waals surface area contributed by atoms with Gasteiger partial charge in [0.2, 0.25) is 0 Å². The minimum absolute atomic E-state index is 0.403. The molecule has 4 nitrogen and oxygen atoms in total. The maximum atomic E-state index is 4.92. The van der Waals surface area contributed by atoms with Crippen molar-refractivity contribution in [2.24, 2.45) is 0 Å². The molecule has 1 aliphatic rings. The predicted octanol–water partition coefficient (Wildman–Crippen LogP) is 4.12. The normalized spacial score (nSPS) is 15.0. The van der Waals surface area contributed by atoms with E-state index in [9.17, 15) is 0 Å². The maximum Gasteiger partial charge on any atom is 0.165 e. The lowest BCUT2D eigenvalue weighted by molar-refractivity contribution is 0.791. The van der Waals surface area contributed by atoms with E-state index in [1.807, 2.05) is 16.8 Å². The largest absolute Gasteiger partial charge is 0.356 e. The Hall–Kier alpha value is -2.36. The maximum absolute atomic E-state index is 4.92. The molecular weight excluding hydrogens is 284 g/mol. The van der Waals surface area contributed by atoms with Crippen LogP contribution in [0.1, 0.15) is 38.3 Å². The van der Waals surface area contributed by atoms with Crippen molar-refractivity contribution < 1.29 is 0 Å². The molecular formula is C19H22N4. The van der Waals surface area contributed by atoms with Crippen molar-refractivity contribution in [2.75, 3.05) is 18.0 Å². The molecule has 0 N–H and O–H groups in total. The first kappa shape index (κ1) is 14.2. The van der Waals surface area contributed by atoms with Crippen LogP contribution in [-0.2, 0) is 0 Å². The highest BCUT2D eigenvalue weighted by atomic mass is 15.3. The second-order valence-electron chi connectivity index (χ2n) is 6.55. The van der Waals surface area contributed by atoms with Crippen LogP contribution in [0.4, 0.5) is 5.82 Å². The molecule has 4 heteroatoms. The fourth-order valence-electron chi connectivity index (χ4n) is 3.25. The summed E-state index contributed by atoms with van der Waals surface area (Å²) in [5.41, 5.74) is 4.37. The van der Waals surface area contributed by atoms with Crippen LogP contribution in [0, 0.1) is 0 Å². The third-order valence-corrected chi connectivity index (χ3v) is 4.58. The van der Waals surface area contributed by atoms with Crippen LogP contribution in [0.5, 0.6) is 0 Å². The Balaban J connectivity index is 1.94. The number of aromatic nitrogens is 3. The molecule has 0 atom stereocenters. The molecule has 0 spiro atoms. The van der Waals surface area contributed by atoms with Gasteiger partial charge in [0.05, 0.1) is 6.20 Å². The third kappa shape index (κ3) is 2.48. The highest BCUT2D eigenvalue weighted by molar-refractivity contribution is 5.78. The zero-order chi connectivity index (χ0) is 15.8. The second-order valence-corrected chi connectivity index (χ2v) is 6.55. The van der Waals surface area contributed by atoms with Crippen molar-refractivity contribution in [3.63, 3.8) is 0 Å². The lowest BCUT2D eigenvalue weighted by atomic mass is 10.1. The number of anilines is 1. The molecule has 1 aliphatic heterocycles. The molecule has 3 heterocycles. The summed E-state index contributed by atoms with van der Waals surface area (Å²) >= 11 is 0. The van der Waals surface area contributed by atoms with Gasteiger partial charge in [-0.05, 0) is 24.3 Å². The molecule has 4 rings (SSSR count). The molecule has 2 aromatic heterocycles. The van der Waals surface area contributed by atoms with E-state index in [1.54, 1.807) is 0 Å². The lowest BCUT2D eigenvalue weighted by Gasteiger charge is -2.20. The van der Waals surface area contributed by atoms with Gasteiger partial charge < -0.3 is 4.90 Å². The Labute approximate surface area is 136 Å². The van der Waals surface area contributed by atoms with Gasteiger partial charge in [-0.1, -0.05) is 44.2 Å². The Morgan fingerprint density at radius 1 is 1.04 bits per heavy atom. The van der Waals surface area contributed by atoms with Gasteiger partial charge in [0.1, 0.15) is 5.82 Å². The number of fused-ring (bicyclic) bond motifs is 1. The van der Waals surface area contributed by atoms with Gasteiger partial charge >= 0.3 is 0 Å². The summed E-state index contributed by atoms with van der Waals surface area (Å²) in [7, 11) is 0. The average Bonchev–Trinajstić information content (AvgIpc) is 3.24. The fraction of sp³-hybridized carbons (Fsp3) is 0.368. The molecule has 1 aromatic carbocycles. The number of benzene rings is 1. The quantitative estimate of drug-likeness (QED) is 0.730. The van der Waals surface area contributed by atoms with Gasteiger partial charge in [-0.25, -0.2) is 4.98 Å². The summed E-state index contributed by atoms with van der Waals surface area (Å²) in [5, 5.41) is 4.65. The average molecular weight is 306 g/mol. The van der Waals surface area contributed by atoms with Gasteiger partial charge in [-0.3, -0.25) is 0 Å². The molecule has 1 saturated heterocycles. The number of hydrogen-bond donors (Lipinski definition) is 0. The van der Waals surface area contributed by atoms with Crippen LogP contribution in [0.25, 0.3) is 16.8 Å². The summed E-state index contributed by atoms with van der Waals surface area (Å²) in [6.45, 7) is 6.62. The van der Waals surface area contributed by atoms with E-state index >= 15 is 0 Å². The second kappa shape index (κ2) is 5.69. The van der Waals surface area contributed by atoms with Crippen molar-refractivity contribution in [1.29, 1.82) is 0 Å². The smallest absolute Gasteiger partial charge is 0.165 e. The Morgan fingerprint density at radius 3 is 2.48 bits per heavy atom. The van der Waals surface area contributed by atoms with Crippen molar-refractivity contribution in [3.05, 3.63) is 48.3 Å². The highest BCUT2D eigenvalue weighted by Crippen LogP contribution is 2.30. The summed E-state index contributed by atoms with van der Waals surface area (Å²) in [4.78, 5) is 7.35.